The molecule has 172 valence electrons. The number of nitrogens with one attached hydrogen (secondary N) is 1. The number of carbonyl (C=O) groups excluding carboxylic acids is 1. The predicted molar refractivity (Wildman–Crippen MR) is 134 cm³/mol. The second kappa shape index (κ2) is 11.3. The smallest absolute Gasteiger partial charge is 0.255 e. The summed E-state index contributed by atoms with van der Waals surface area (Å²) in [7, 11) is 1.67. The molecule has 0 aromatic heterocycles. The topological polar surface area (TPSA) is 50.8 Å². The van der Waals surface area contributed by atoms with Crippen LogP contribution in [-0.2, 0) is 6.61 Å². The monoisotopic (exact) mass is 508 g/mol. The molecule has 0 aliphatic carbocycles. The molecule has 1 fully saturated rings. The minimum Gasteiger partial charge on any atom is -0.497 e. The van der Waals surface area contributed by atoms with Crippen molar-refractivity contribution in [1.29, 1.82) is 0 Å². The molecule has 3 aromatic carbocycles. The highest BCUT2D eigenvalue weighted by Crippen LogP contribution is 2.27. The van der Waals surface area contributed by atoms with Crippen molar-refractivity contribution in [1.82, 2.24) is 10.2 Å². The fourth-order valence-corrected chi connectivity index (χ4v) is 4.57. The van der Waals surface area contributed by atoms with Gasteiger partial charge in [0.15, 0.2) is 0 Å². The third-order valence-corrected chi connectivity index (χ3v) is 6.78. The number of hydrogen-bond donors (Lipinski definition) is 1. The van der Waals surface area contributed by atoms with E-state index in [1.807, 2.05) is 60.7 Å². The summed E-state index contributed by atoms with van der Waals surface area (Å²) in [4.78, 5) is 15.6. The lowest BCUT2D eigenvalue weighted by Crippen LogP contribution is -2.36. The largest absolute Gasteiger partial charge is 0.497 e. The van der Waals surface area contributed by atoms with Gasteiger partial charge in [-0.3, -0.25) is 9.69 Å². The van der Waals surface area contributed by atoms with Crippen LogP contribution >= 0.6 is 15.9 Å². The lowest BCUT2D eigenvalue weighted by atomic mass is 10.0. The maximum atomic E-state index is 13.2. The summed E-state index contributed by atoms with van der Waals surface area (Å²) in [6.07, 6.45) is 2.37. The Bertz CT molecular complexity index is 1060. The number of likely N-dealkylation sites (tertiary alicyclic amines) is 1. The van der Waals surface area contributed by atoms with Gasteiger partial charge in [-0.25, -0.2) is 0 Å². The van der Waals surface area contributed by atoms with Crippen LogP contribution in [0.4, 0.5) is 0 Å². The van der Waals surface area contributed by atoms with E-state index in [2.05, 4.69) is 38.3 Å². The summed E-state index contributed by atoms with van der Waals surface area (Å²) >= 11 is 3.55. The van der Waals surface area contributed by atoms with Gasteiger partial charge in [-0.05, 0) is 61.8 Å². The standard InChI is InChI=1S/C27H29BrN2O3/c1-32-22-14-12-20(13-15-22)25(30-16-6-7-17-30)18-29-27(31)23-9-3-5-11-26(23)33-19-21-8-2-4-10-24(21)28/h2-5,8-15,25H,6-7,16-19H2,1H3,(H,29,31). The lowest BCUT2D eigenvalue weighted by Gasteiger charge is -2.28. The van der Waals surface area contributed by atoms with Crippen molar-refractivity contribution < 1.29 is 14.3 Å². The van der Waals surface area contributed by atoms with Crippen LogP contribution in [0.1, 0.15) is 40.4 Å². The number of benzene rings is 3. The molecule has 1 atom stereocenters. The van der Waals surface area contributed by atoms with Crippen LogP contribution in [-0.4, -0.2) is 37.6 Å². The van der Waals surface area contributed by atoms with Gasteiger partial charge in [0, 0.05) is 16.6 Å². The lowest BCUT2D eigenvalue weighted by molar-refractivity contribution is 0.0933. The van der Waals surface area contributed by atoms with Crippen molar-refractivity contribution in [3.63, 3.8) is 0 Å². The zero-order chi connectivity index (χ0) is 23.0. The first kappa shape index (κ1) is 23.3. The van der Waals surface area contributed by atoms with Crippen molar-refractivity contribution in [2.24, 2.45) is 0 Å². The summed E-state index contributed by atoms with van der Waals surface area (Å²) in [5.74, 6) is 1.28. The normalized spacial score (nSPS) is 14.6. The summed E-state index contributed by atoms with van der Waals surface area (Å²) in [5, 5.41) is 3.15. The van der Waals surface area contributed by atoms with Gasteiger partial charge in [0.2, 0.25) is 0 Å². The van der Waals surface area contributed by atoms with E-state index in [1.165, 1.54) is 18.4 Å². The fourth-order valence-electron chi connectivity index (χ4n) is 4.17. The summed E-state index contributed by atoms with van der Waals surface area (Å²) in [6.45, 7) is 2.99. The zero-order valence-electron chi connectivity index (χ0n) is 18.8. The van der Waals surface area contributed by atoms with Crippen LogP contribution in [0.2, 0.25) is 0 Å². The Kier molecular flexibility index (Phi) is 8.02. The second-order valence-electron chi connectivity index (χ2n) is 8.12. The molecular weight excluding hydrogens is 480 g/mol. The van der Waals surface area contributed by atoms with Gasteiger partial charge in [0.05, 0.1) is 18.7 Å². The number of carbonyl (C=O) groups is 1. The van der Waals surface area contributed by atoms with Crippen LogP contribution in [0.15, 0.2) is 77.3 Å². The molecule has 1 unspecified atom stereocenters. The van der Waals surface area contributed by atoms with Gasteiger partial charge < -0.3 is 14.8 Å². The molecule has 5 nitrogen and oxygen atoms in total. The molecule has 1 N–H and O–H groups in total. The number of methoxy groups -OCH3 is 1. The number of halogens is 1. The molecule has 1 aliphatic rings. The van der Waals surface area contributed by atoms with Crippen molar-refractivity contribution in [3.8, 4) is 11.5 Å². The number of rotatable bonds is 9. The average molecular weight is 509 g/mol. The zero-order valence-corrected chi connectivity index (χ0v) is 20.4. The molecule has 3 aromatic rings. The Hall–Kier alpha value is -2.83. The third kappa shape index (κ3) is 5.95. The number of hydrogen-bond acceptors (Lipinski definition) is 4. The average Bonchev–Trinajstić information content (AvgIpc) is 3.39. The molecule has 0 radical (unpaired) electrons. The van der Waals surface area contributed by atoms with Gasteiger partial charge in [-0.15, -0.1) is 0 Å². The number of para-hydroxylation sites is 1. The summed E-state index contributed by atoms with van der Waals surface area (Å²) in [5.41, 5.74) is 2.75. The highest BCUT2D eigenvalue weighted by atomic mass is 79.9. The summed E-state index contributed by atoms with van der Waals surface area (Å²) in [6, 6.07) is 23.6. The highest BCUT2D eigenvalue weighted by molar-refractivity contribution is 9.10. The number of ether oxygens (including phenoxy) is 2. The van der Waals surface area contributed by atoms with Crippen LogP contribution < -0.4 is 14.8 Å². The van der Waals surface area contributed by atoms with Crippen molar-refractivity contribution >= 4 is 21.8 Å². The Balaban J connectivity index is 1.45. The molecule has 1 saturated heterocycles. The van der Waals surface area contributed by atoms with Gasteiger partial charge in [-0.2, -0.15) is 0 Å². The maximum absolute atomic E-state index is 13.2. The van der Waals surface area contributed by atoms with Gasteiger partial charge in [0.1, 0.15) is 18.1 Å². The van der Waals surface area contributed by atoms with E-state index in [1.54, 1.807) is 7.11 Å². The minimum absolute atomic E-state index is 0.121. The molecular formula is C27H29BrN2O3. The van der Waals surface area contributed by atoms with Gasteiger partial charge in [0.25, 0.3) is 5.91 Å². The molecule has 1 heterocycles. The summed E-state index contributed by atoms with van der Waals surface area (Å²) < 4.78 is 12.3. The van der Waals surface area contributed by atoms with Crippen LogP contribution in [0.3, 0.4) is 0 Å². The van der Waals surface area contributed by atoms with Crippen molar-refractivity contribution in [2.75, 3.05) is 26.7 Å². The van der Waals surface area contributed by atoms with Crippen molar-refractivity contribution in [2.45, 2.75) is 25.5 Å². The van der Waals surface area contributed by atoms with Crippen molar-refractivity contribution in [3.05, 3.63) is 94.0 Å². The fraction of sp³-hybridized carbons (Fsp3) is 0.296. The van der Waals surface area contributed by atoms with E-state index in [9.17, 15) is 4.79 Å². The van der Waals surface area contributed by atoms with E-state index in [-0.39, 0.29) is 11.9 Å². The number of amides is 1. The molecule has 4 rings (SSSR count). The highest BCUT2D eigenvalue weighted by Gasteiger charge is 2.24. The van der Waals surface area contributed by atoms with Gasteiger partial charge in [-0.1, -0.05) is 58.4 Å². The molecule has 0 spiro atoms. The van der Waals surface area contributed by atoms with Crippen LogP contribution in [0, 0.1) is 0 Å². The quantitative estimate of drug-likeness (QED) is 0.408. The van der Waals surface area contributed by atoms with Crippen LogP contribution in [0.25, 0.3) is 0 Å². The Morgan fingerprint density at radius 2 is 1.70 bits per heavy atom. The first-order chi connectivity index (χ1) is 16.2. The number of nitrogens with zero attached hydrogens (tertiary/aromatic N) is 1. The Labute approximate surface area is 203 Å². The van der Waals surface area contributed by atoms with E-state index in [0.717, 1.165) is 28.9 Å². The first-order valence-corrected chi connectivity index (χ1v) is 12.1. The Morgan fingerprint density at radius 3 is 2.42 bits per heavy atom. The molecule has 0 bridgehead atoms. The maximum Gasteiger partial charge on any atom is 0.255 e. The van der Waals surface area contributed by atoms with E-state index >= 15 is 0 Å². The van der Waals surface area contributed by atoms with E-state index in [4.69, 9.17) is 9.47 Å². The molecule has 6 heteroatoms. The van der Waals surface area contributed by atoms with E-state index < -0.39 is 0 Å². The second-order valence-corrected chi connectivity index (χ2v) is 8.97. The van der Waals surface area contributed by atoms with Gasteiger partial charge >= 0.3 is 0 Å². The molecule has 33 heavy (non-hydrogen) atoms. The third-order valence-electron chi connectivity index (χ3n) is 6.01. The first-order valence-electron chi connectivity index (χ1n) is 11.3. The molecule has 0 saturated carbocycles. The molecule has 1 aliphatic heterocycles. The minimum atomic E-state index is -0.129. The molecule has 1 amide bonds. The Morgan fingerprint density at radius 1 is 1.00 bits per heavy atom. The predicted octanol–water partition coefficient (Wildman–Crippen LogP) is 5.60. The SMILES string of the molecule is COc1ccc(C(CNC(=O)c2ccccc2OCc2ccccc2Br)N2CCCC2)cc1. The van der Waals surface area contributed by atoms with Crippen LogP contribution in [0.5, 0.6) is 11.5 Å². The van der Waals surface area contributed by atoms with E-state index in [0.29, 0.717) is 24.5 Å².